The normalized spacial score (nSPS) is 20.4. The molecule has 0 unspecified atom stereocenters. The summed E-state index contributed by atoms with van der Waals surface area (Å²) in [4.78, 5) is 7.03. The van der Waals surface area contributed by atoms with E-state index in [1.165, 1.54) is 18.5 Å². The number of aryl methyl sites for hydroxylation is 2. The number of likely N-dealkylation sites (tertiary alicyclic amines) is 1. The molecule has 0 radical (unpaired) electrons. The van der Waals surface area contributed by atoms with Crippen LogP contribution in [0.4, 0.5) is 0 Å². The number of piperidine rings is 1. The third-order valence-corrected chi connectivity index (χ3v) is 4.10. The molecule has 0 amide bonds. The molecule has 6 nitrogen and oxygen atoms in total. The maximum atomic E-state index is 4.52. The fourth-order valence-electron chi connectivity index (χ4n) is 2.96. The molecule has 1 N–H and O–H groups in total. The first-order valence-corrected chi connectivity index (χ1v) is 7.34. The molecule has 1 saturated heterocycles. The minimum atomic E-state index is 0.363. The van der Waals surface area contributed by atoms with Gasteiger partial charge in [0.1, 0.15) is 5.82 Å². The highest BCUT2D eigenvalue weighted by Gasteiger charge is 2.26. The fraction of sp³-hybridized carbons (Fsp3) is 0.643. The number of aromatic nitrogens is 5. The van der Waals surface area contributed by atoms with Gasteiger partial charge in [0, 0.05) is 31.9 Å². The molecule has 3 rings (SSSR count). The number of hydrogen-bond donors (Lipinski definition) is 1. The van der Waals surface area contributed by atoms with Crippen LogP contribution in [0.15, 0.2) is 12.3 Å². The van der Waals surface area contributed by atoms with E-state index < -0.39 is 0 Å². The summed E-state index contributed by atoms with van der Waals surface area (Å²) in [7, 11) is 2.00. The summed E-state index contributed by atoms with van der Waals surface area (Å²) in [5, 5.41) is 11.5. The van der Waals surface area contributed by atoms with Crippen LogP contribution in [-0.4, -0.2) is 43.0 Å². The molecular weight excluding hydrogens is 252 g/mol. The molecule has 2 aromatic rings. The smallest absolute Gasteiger partial charge is 0.167 e. The molecule has 1 atom stereocenters. The van der Waals surface area contributed by atoms with Gasteiger partial charge in [-0.25, -0.2) is 4.98 Å². The molecule has 0 bridgehead atoms. The van der Waals surface area contributed by atoms with E-state index >= 15 is 0 Å². The Hall–Kier alpha value is -1.69. The highest BCUT2D eigenvalue weighted by atomic mass is 15.3. The summed E-state index contributed by atoms with van der Waals surface area (Å²) >= 11 is 0. The van der Waals surface area contributed by atoms with Gasteiger partial charge in [-0.2, -0.15) is 10.2 Å². The van der Waals surface area contributed by atoms with Crippen molar-refractivity contribution in [2.45, 2.75) is 38.6 Å². The van der Waals surface area contributed by atoms with Crippen molar-refractivity contribution >= 4 is 0 Å². The van der Waals surface area contributed by atoms with Crippen LogP contribution in [-0.2, 0) is 13.5 Å². The van der Waals surface area contributed by atoms with E-state index in [-0.39, 0.29) is 0 Å². The van der Waals surface area contributed by atoms with E-state index in [2.05, 4.69) is 31.2 Å². The number of H-pyrrole nitrogens is 1. The lowest BCUT2D eigenvalue weighted by Crippen LogP contribution is -2.35. The lowest BCUT2D eigenvalue weighted by atomic mass is 10.0. The van der Waals surface area contributed by atoms with Gasteiger partial charge in [0.25, 0.3) is 0 Å². The molecule has 0 spiro atoms. The monoisotopic (exact) mass is 274 g/mol. The van der Waals surface area contributed by atoms with Crippen molar-refractivity contribution in [1.82, 2.24) is 29.9 Å². The largest absolute Gasteiger partial charge is 0.293 e. The van der Waals surface area contributed by atoms with Gasteiger partial charge in [-0.3, -0.25) is 14.7 Å². The lowest BCUT2D eigenvalue weighted by Gasteiger charge is -2.33. The second kappa shape index (κ2) is 5.75. The Kier molecular flexibility index (Phi) is 3.82. The maximum absolute atomic E-state index is 4.52. The summed E-state index contributed by atoms with van der Waals surface area (Å²) in [6.45, 7) is 4.13. The summed E-state index contributed by atoms with van der Waals surface area (Å²) in [5.41, 5.74) is 1.28. The molecule has 0 saturated carbocycles. The minimum absolute atomic E-state index is 0.363. The van der Waals surface area contributed by atoms with Gasteiger partial charge in [-0.1, -0.05) is 6.42 Å². The average molecular weight is 274 g/mol. The van der Waals surface area contributed by atoms with E-state index in [9.17, 15) is 0 Å². The Morgan fingerprint density at radius 1 is 1.40 bits per heavy atom. The van der Waals surface area contributed by atoms with Crippen molar-refractivity contribution in [3.05, 3.63) is 29.6 Å². The minimum Gasteiger partial charge on any atom is -0.293 e. The summed E-state index contributed by atoms with van der Waals surface area (Å²) < 4.78 is 1.95. The molecule has 108 valence electrons. The first-order valence-electron chi connectivity index (χ1n) is 7.34. The topological polar surface area (TPSA) is 62.6 Å². The molecule has 1 aliphatic rings. The van der Waals surface area contributed by atoms with Crippen molar-refractivity contribution in [3.63, 3.8) is 0 Å². The highest BCUT2D eigenvalue weighted by molar-refractivity contribution is 5.02. The molecule has 6 heteroatoms. The fourth-order valence-corrected chi connectivity index (χ4v) is 2.96. The first-order chi connectivity index (χ1) is 9.74. The van der Waals surface area contributed by atoms with Gasteiger partial charge in [0.15, 0.2) is 5.82 Å². The van der Waals surface area contributed by atoms with Gasteiger partial charge in [0.05, 0.1) is 6.04 Å². The van der Waals surface area contributed by atoms with E-state index in [0.29, 0.717) is 6.04 Å². The van der Waals surface area contributed by atoms with Crippen LogP contribution in [0.5, 0.6) is 0 Å². The molecule has 2 aromatic heterocycles. The van der Waals surface area contributed by atoms with Crippen LogP contribution in [0.25, 0.3) is 0 Å². The SMILES string of the molecule is Cc1nc([C@H]2CCCCN2CCc2ccnn2C)n[nH]1. The molecule has 20 heavy (non-hydrogen) atoms. The zero-order chi connectivity index (χ0) is 13.9. The van der Waals surface area contributed by atoms with E-state index in [4.69, 9.17) is 0 Å². The Bertz CT molecular complexity index is 558. The quantitative estimate of drug-likeness (QED) is 0.920. The van der Waals surface area contributed by atoms with Crippen molar-refractivity contribution in [2.75, 3.05) is 13.1 Å². The van der Waals surface area contributed by atoms with Crippen molar-refractivity contribution in [3.8, 4) is 0 Å². The second-order valence-electron chi connectivity index (χ2n) is 5.52. The summed E-state index contributed by atoms with van der Waals surface area (Å²) in [5.74, 6) is 1.85. The number of rotatable bonds is 4. The number of nitrogens with zero attached hydrogens (tertiary/aromatic N) is 5. The Morgan fingerprint density at radius 3 is 3.00 bits per heavy atom. The van der Waals surface area contributed by atoms with Gasteiger partial charge < -0.3 is 0 Å². The van der Waals surface area contributed by atoms with E-state index in [1.54, 1.807) is 0 Å². The van der Waals surface area contributed by atoms with Crippen molar-refractivity contribution in [1.29, 1.82) is 0 Å². The van der Waals surface area contributed by atoms with Gasteiger partial charge in [0.2, 0.25) is 0 Å². The number of aromatic amines is 1. The predicted molar refractivity (Wildman–Crippen MR) is 76.2 cm³/mol. The summed E-state index contributed by atoms with van der Waals surface area (Å²) in [6.07, 6.45) is 6.58. The number of hydrogen-bond acceptors (Lipinski definition) is 4. The predicted octanol–water partition coefficient (Wildman–Crippen LogP) is 1.62. The highest BCUT2D eigenvalue weighted by Crippen LogP contribution is 2.28. The van der Waals surface area contributed by atoms with Gasteiger partial charge in [-0.05, 0) is 32.4 Å². The zero-order valence-electron chi connectivity index (χ0n) is 12.2. The molecular formula is C14H22N6. The Labute approximate surface area is 119 Å². The van der Waals surface area contributed by atoms with Crippen LogP contribution in [0.1, 0.15) is 42.6 Å². The van der Waals surface area contributed by atoms with Crippen molar-refractivity contribution in [2.24, 2.45) is 7.05 Å². The van der Waals surface area contributed by atoms with Gasteiger partial charge in [-0.15, -0.1) is 0 Å². The third kappa shape index (κ3) is 2.75. The Balaban J connectivity index is 1.68. The standard InChI is InChI=1S/C14H22N6/c1-11-16-14(18-17-11)13-5-3-4-9-20(13)10-7-12-6-8-15-19(12)2/h6,8,13H,3-5,7,9-10H2,1-2H3,(H,16,17,18)/t13-/m1/s1. The first kappa shape index (κ1) is 13.3. The van der Waals surface area contributed by atoms with Crippen LogP contribution < -0.4 is 0 Å². The molecule has 1 fully saturated rings. The molecule has 1 aliphatic heterocycles. The third-order valence-electron chi connectivity index (χ3n) is 4.10. The van der Waals surface area contributed by atoms with Crippen LogP contribution in [0, 0.1) is 6.92 Å². The zero-order valence-corrected chi connectivity index (χ0v) is 12.2. The molecule has 0 aliphatic carbocycles. The molecule has 3 heterocycles. The van der Waals surface area contributed by atoms with E-state index in [1.807, 2.05) is 24.9 Å². The van der Waals surface area contributed by atoms with Crippen LogP contribution in [0.3, 0.4) is 0 Å². The maximum Gasteiger partial charge on any atom is 0.167 e. The Morgan fingerprint density at radius 2 is 2.30 bits per heavy atom. The molecule has 0 aromatic carbocycles. The summed E-state index contributed by atoms with van der Waals surface area (Å²) in [6, 6.07) is 2.46. The van der Waals surface area contributed by atoms with Crippen molar-refractivity contribution < 1.29 is 0 Å². The van der Waals surface area contributed by atoms with E-state index in [0.717, 1.165) is 37.6 Å². The van der Waals surface area contributed by atoms with Crippen LogP contribution >= 0.6 is 0 Å². The van der Waals surface area contributed by atoms with Gasteiger partial charge >= 0.3 is 0 Å². The second-order valence-corrected chi connectivity index (χ2v) is 5.52. The number of nitrogens with one attached hydrogen (secondary N) is 1. The van der Waals surface area contributed by atoms with Crippen LogP contribution in [0.2, 0.25) is 0 Å². The lowest BCUT2D eigenvalue weighted by molar-refractivity contribution is 0.143. The average Bonchev–Trinajstić information content (AvgIpc) is 3.06.